The molecule has 2 unspecified atom stereocenters. The molecule has 0 aromatic heterocycles. The van der Waals surface area contributed by atoms with E-state index in [0.717, 1.165) is 49.6 Å². The smallest absolute Gasteiger partial charge is 0.330 e. The summed E-state index contributed by atoms with van der Waals surface area (Å²) in [6, 6.07) is 2.51. The highest BCUT2D eigenvalue weighted by Crippen LogP contribution is 2.32. The number of methoxy groups -OCH3 is 2. The molecule has 2 N–H and O–H groups in total. The SMILES string of the molecule is COC(=O)/C=C/C(=O)NCCC[Si]1(C)CCCCO[Si](C)(C)O[Si](C)(CCCNC(=O)/C=C/C(=O)OC)O1. The first-order valence-corrected chi connectivity index (χ1v) is 21.1. The topological polar surface area (TPSA) is 138 Å². The Kier molecular flexibility index (Phi) is 15.0. The molecule has 1 fully saturated rings. The Morgan fingerprint density at radius 2 is 1.29 bits per heavy atom. The van der Waals surface area contributed by atoms with Gasteiger partial charge in [-0.05, 0) is 63.6 Å². The van der Waals surface area contributed by atoms with E-state index in [1.54, 1.807) is 0 Å². The molecule has 1 rings (SSSR count). The van der Waals surface area contributed by atoms with Gasteiger partial charge >= 0.3 is 29.1 Å². The Morgan fingerprint density at radius 3 is 1.82 bits per heavy atom. The van der Waals surface area contributed by atoms with Crippen LogP contribution in [0.25, 0.3) is 0 Å². The molecular weight excluding hydrogens is 545 g/mol. The molecule has 216 valence electrons. The molecule has 0 spiro atoms. The molecule has 0 bridgehead atoms. The molecule has 0 aromatic carbocycles. The average molecular weight is 589 g/mol. The van der Waals surface area contributed by atoms with Gasteiger partial charge in [-0.3, -0.25) is 9.59 Å². The molecule has 11 nitrogen and oxygen atoms in total. The number of amides is 2. The highest BCUT2D eigenvalue weighted by Gasteiger charge is 2.45. The van der Waals surface area contributed by atoms with Crippen molar-refractivity contribution in [1.29, 1.82) is 0 Å². The van der Waals surface area contributed by atoms with Crippen LogP contribution >= 0.6 is 0 Å². The Hall–Kier alpha value is -2.11. The van der Waals surface area contributed by atoms with Gasteiger partial charge in [-0.25, -0.2) is 9.59 Å². The minimum atomic E-state index is -2.67. The number of ether oxygens (including phenoxy) is 2. The molecule has 0 aliphatic carbocycles. The summed E-state index contributed by atoms with van der Waals surface area (Å²) in [6.45, 7) is 9.96. The monoisotopic (exact) mass is 588 g/mol. The van der Waals surface area contributed by atoms with Gasteiger partial charge in [-0.15, -0.1) is 0 Å². The van der Waals surface area contributed by atoms with Crippen LogP contribution in [0.3, 0.4) is 0 Å². The number of hydrogen-bond acceptors (Lipinski definition) is 9. The molecule has 1 saturated heterocycles. The van der Waals surface area contributed by atoms with Gasteiger partial charge in [0.25, 0.3) is 0 Å². The standard InChI is InChI=1S/C24H44N2O9Si3/c1-31-23(29)13-11-21(27)25-15-9-19-37(5)18-8-7-17-33-36(3,4)34-38(6,35-37)20-10-16-26-22(28)12-14-24(30)32-2/h11-14H,7-10,15-20H2,1-6H3,(H,25,27)(H,26,28)/b13-11+,14-12+. The first-order valence-electron chi connectivity index (χ1n) is 12.9. The normalized spacial score (nSPS) is 24.1. The molecule has 1 aliphatic rings. The van der Waals surface area contributed by atoms with Gasteiger partial charge in [0.15, 0.2) is 8.32 Å². The van der Waals surface area contributed by atoms with Gasteiger partial charge < -0.3 is 32.8 Å². The summed E-state index contributed by atoms with van der Waals surface area (Å²) >= 11 is 0. The zero-order valence-electron chi connectivity index (χ0n) is 23.6. The lowest BCUT2D eigenvalue weighted by Gasteiger charge is -2.42. The third kappa shape index (κ3) is 14.7. The number of carbonyl (C=O) groups excluding carboxylic acids is 4. The van der Waals surface area contributed by atoms with E-state index in [-0.39, 0.29) is 11.8 Å². The van der Waals surface area contributed by atoms with Crippen molar-refractivity contribution < 1.29 is 41.3 Å². The Morgan fingerprint density at radius 1 is 0.763 bits per heavy atom. The molecule has 2 amide bonds. The summed E-state index contributed by atoms with van der Waals surface area (Å²) in [5, 5.41) is 5.58. The zero-order chi connectivity index (χ0) is 28.7. The van der Waals surface area contributed by atoms with Crippen LogP contribution in [0.15, 0.2) is 24.3 Å². The highest BCUT2D eigenvalue weighted by molar-refractivity contribution is 6.87. The Bertz CT molecular complexity index is 869. The van der Waals surface area contributed by atoms with E-state index in [1.807, 2.05) is 13.1 Å². The summed E-state index contributed by atoms with van der Waals surface area (Å²) in [4.78, 5) is 46.2. The number of esters is 2. The molecule has 2 atom stereocenters. The lowest BCUT2D eigenvalue weighted by Crippen LogP contribution is -2.56. The van der Waals surface area contributed by atoms with E-state index >= 15 is 0 Å². The van der Waals surface area contributed by atoms with Crippen molar-refractivity contribution in [3.63, 3.8) is 0 Å². The van der Waals surface area contributed by atoms with Gasteiger partial charge in [-0.1, -0.05) is 6.42 Å². The quantitative estimate of drug-likeness (QED) is 0.152. The molecular formula is C24H44N2O9Si3. The van der Waals surface area contributed by atoms with Crippen LogP contribution in [-0.2, 0) is 41.3 Å². The van der Waals surface area contributed by atoms with Gasteiger partial charge in [0, 0.05) is 44.0 Å². The van der Waals surface area contributed by atoms with Crippen LogP contribution in [0.4, 0.5) is 0 Å². The van der Waals surface area contributed by atoms with Gasteiger partial charge in [0.2, 0.25) is 11.8 Å². The first kappa shape index (κ1) is 33.9. The number of nitrogens with one attached hydrogen (secondary N) is 2. The molecule has 1 heterocycles. The van der Waals surface area contributed by atoms with E-state index in [2.05, 4.69) is 33.2 Å². The Balaban J connectivity index is 2.77. The predicted octanol–water partition coefficient (Wildman–Crippen LogP) is 2.65. The predicted molar refractivity (Wildman–Crippen MR) is 150 cm³/mol. The van der Waals surface area contributed by atoms with Crippen molar-refractivity contribution >= 4 is 49.2 Å². The first-order chi connectivity index (χ1) is 17.8. The maximum Gasteiger partial charge on any atom is 0.330 e. The molecule has 14 heteroatoms. The molecule has 0 aromatic rings. The van der Waals surface area contributed by atoms with Crippen molar-refractivity contribution in [3.05, 3.63) is 24.3 Å². The van der Waals surface area contributed by atoms with Crippen molar-refractivity contribution in [1.82, 2.24) is 10.6 Å². The summed E-state index contributed by atoms with van der Waals surface area (Å²) in [5.41, 5.74) is 0. The van der Waals surface area contributed by atoms with Crippen LogP contribution in [0, 0.1) is 0 Å². The fourth-order valence-electron chi connectivity index (χ4n) is 4.18. The Labute approximate surface area is 229 Å². The second-order valence-corrected chi connectivity index (χ2v) is 21.4. The van der Waals surface area contributed by atoms with Gasteiger partial charge in [0.1, 0.15) is 0 Å². The maximum atomic E-state index is 11.9. The minimum absolute atomic E-state index is 0.343. The molecule has 0 radical (unpaired) electrons. The lowest BCUT2D eigenvalue weighted by molar-refractivity contribution is -0.135. The summed E-state index contributed by atoms with van der Waals surface area (Å²) in [6.07, 6.45) is 7.87. The van der Waals surface area contributed by atoms with E-state index < -0.39 is 37.4 Å². The largest absolute Gasteiger partial charge is 0.466 e. The van der Waals surface area contributed by atoms with Crippen LogP contribution < -0.4 is 10.6 Å². The van der Waals surface area contributed by atoms with Crippen LogP contribution in [0.1, 0.15) is 25.7 Å². The van der Waals surface area contributed by atoms with Crippen molar-refractivity contribution in [2.75, 3.05) is 33.9 Å². The molecule has 0 saturated carbocycles. The number of carbonyl (C=O) groups is 4. The van der Waals surface area contributed by atoms with Crippen LogP contribution in [0.2, 0.25) is 44.3 Å². The van der Waals surface area contributed by atoms with Crippen molar-refractivity contribution in [2.24, 2.45) is 0 Å². The number of hydrogen-bond donors (Lipinski definition) is 2. The summed E-state index contributed by atoms with van der Waals surface area (Å²) in [5.74, 6) is -1.87. The lowest BCUT2D eigenvalue weighted by atomic mass is 10.4. The zero-order valence-corrected chi connectivity index (χ0v) is 26.6. The minimum Gasteiger partial charge on any atom is -0.466 e. The number of rotatable bonds is 12. The van der Waals surface area contributed by atoms with E-state index in [1.165, 1.54) is 20.3 Å². The summed E-state index contributed by atoms with van der Waals surface area (Å²) in [7, 11) is -4.75. The highest BCUT2D eigenvalue weighted by atomic mass is 28.5. The van der Waals surface area contributed by atoms with E-state index in [9.17, 15) is 19.2 Å². The van der Waals surface area contributed by atoms with E-state index in [0.29, 0.717) is 32.2 Å². The fraction of sp³-hybridized carbons (Fsp3) is 0.667. The molecule has 1 aliphatic heterocycles. The molecule has 38 heavy (non-hydrogen) atoms. The third-order valence-electron chi connectivity index (χ3n) is 5.91. The average Bonchev–Trinajstić information content (AvgIpc) is 2.85. The third-order valence-corrected chi connectivity index (χ3v) is 18.3. The maximum absolute atomic E-state index is 11.9. The second kappa shape index (κ2) is 16.8. The van der Waals surface area contributed by atoms with Crippen LogP contribution in [0.5, 0.6) is 0 Å². The van der Waals surface area contributed by atoms with Crippen molar-refractivity contribution in [3.8, 4) is 0 Å². The fourth-order valence-corrected chi connectivity index (χ4v) is 18.5. The van der Waals surface area contributed by atoms with E-state index in [4.69, 9.17) is 12.7 Å². The summed E-state index contributed by atoms with van der Waals surface area (Å²) < 4.78 is 28.8. The van der Waals surface area contributed by atoms with Crippen LogP contribution in [-0.4, -0.2) is 83.1 Å². The van der Waals surface area contributed by atoms with Gasteiger partial charge in [-0.2, -0.15) is 0 Å². The van der Waals surface area contributed by atoms with Gasteiger partial charge in [0.05, 0.1) is 14.2 Å². The van der Waals surface area contributed by atoms with Crippen molar-refractivity contribution in [2.45, 2.75) is 70.0 Å². The second-order valence-electron chi connectivity index (χ2n) is 10.00.